The van der Waals surface area contributed by atoms with Crippen LogP contribution in [0.1, 0.15) is 328 Å². The average molecular weight is 1050 g/mol. The Labute approximate surface area is 459 Å². The van der Waals surface area contributed by atoms with Crippen molar-refractivity contribution in [2.24, 2.45) is 0 Å². The largest absolute Gasteiger partial charge is 0.477 e. The number of carboxylic acids is 1. The molecule has 2 atom stereocenters. The van der Waals surface area contributed by atoms with Crippen LogP contribution in [-0.2, 0) is 33.3 Å². The topological polar surface area (TPSA) is 108 Å². The highest BCUT2D eigenvalue weighted by molar-refractivity contribution is 5.71. The Bertz CT molecular complexity index is 1220. The number of carboxylic acid groups (broad SMARTS) is 1. The second kappa shape index (κ2) is 57.2. The number of carbonyl (C=O) groups is 3. The number of allylic oxidation sites excluding steroid dienone is 2. The molecule has 0 amide bonds. The van der Waals surface area contributed by atoms with Crippen molar-refractivity contribution in [1.82, 2.24) is 0 Å². The van der Waals surface area contributed by atoms with Crippen molar-refractivity contribution in [3.63, 3.8) is 0 Å². The summed E-state index contributed by atoms with van der Waals surface area (Å²) in [6.07, 6.45) is 64.8. The molecule has 0 fully saturated rings. The second-order valence-corrected chi connectivity index (χ2v) is 23.4. The summed E-state index contributed by atoms with van der Waals surface area (Å²) in [5.41, 5.74) is 0. The van der Waals surface area contributed by atoms with Crippen LogP contribution in [0.4, 0.5) is 0 Å². The first kappa shape index (κ1) is 72.0. The van der Waals surface area contributed by atoms with Gasteiger partial charge in [-0.1, -0.05) is 289 Å². The first-order valence-corrected chi connectivity index (χ1v) is 32.4. The van der Waals surface area contributed by atoms with E-state index in [1.54, 1.807) is 0 Å². The van der Waals surface area contributed by atoms with Gasteiger partial charge in [0.05, 0.1) is 34.4 Å². The van der Waals surface area contributed by atoms with Crippen molar-refractivity contribution in [2.45, 2.75) is 341 Å². The lowest BCUT2D eigenvalue weighted by Crippen LogP contribution is -2.40. The lowest BCUT2D eigenvalue weighted by Gasteiger charge is -2.25. The summed E-state index contributed by atoms with van der Waals surface area (Å²) in [7, 11) is 5.98. The fourth-order valence-corrected chi connectivity index (χ4v) is 9.78. The lowest BCUT2D eigenvalue weighted by atomic mass is 10.0. The van der Waals surface area contributed by atoms with E-state index >= 15 is 0 Å². The van der Waals surface area contributed by atoms with E-state index in [4.69, 9.17) is 18.9 Å². The van der Waals surface area contributed by atoms with Crippen LogP contribution in [0.3, 0.4) is 0 Å². The minimum atomic E-state index is -1.51. The summed E-state index contributed by atoms with van der Waals surface area (Å²) in [5.74, 6) is -1.99. The standard InChI is InChI=1S/C65H125NO8/c1-6-8-10-12-14-16-18-20-22-23-24-25-26-27-28-29-30-31-32-33-34-35-36-37-38-39-40-41-42-44-45-47-49-51-53-55-62(67)72-59-61(60-73-65(64(69)70)71-58-57-66(3,4)5)74-63(68)56-54-52-50-48-46-43-21-19-17-15-13-11-9-7-2/h19,21,61,65H,6-18,20,22-60H2,1-5H3/p+1/b21-19-. The average Bonchev–Trinajstić information content (AvgIpc) is 3.37. The van der Waals surface area contributed by atoms with Gasteiger partial charge in [-0.25, -0.2) is 4.79 Å². The summed E-state index contributed by atoms with van der Waals surface area (Å²) in [6, 6.07) is 0. The van der Waals surface area contributed by atoms with E-state index < -0.39 is 24.3 Å². The third-order valence-electron chi connectivity index (χ3n) is 14.8. The van der Waals surface area contributed by atoms with Crippen molar-refractivity contribution in [3.8, 4) is 0 Å². The molecule has 74 heavy (non-hydrogen) atoms. The van der Waals surface area contributed by atoms with Gasteiger partial charge in [-0.05, 0) is 38.5 Å². The van der Waals surface area contributed by atoms with E-state index in [0.29, 0.717) is 23.9 Å². The molecule has 0 saturated heterocycles. The first-order valence-electron chi connectivity index (χ1n) is 32.4. The minimum Gasteiger partial charge on any atom is -0.477 e. The van der Waals surface area contributed by atoms with Gasteiger partial charge in [0, 0.05) is 12.8 Å². The zero-order valence-electron chi connectivity index (χ0n) is 50.0. The van der Waals surface area contributed by atoms with E-state index in [9.17, 15) is 19.5 Å². The van der Waals surface area contributed by atoms with Gasteiger partial charge in [-0.15, -0.1) is 0 Å². The molecule has 0 aromatic rings. The highest BCUT2D eigenvalue weighted by atomic mass is 16.7. The molecule has 0 aromatic carbocycles. The molecule has 0 saturated carbocycles. The SMILES string of the molecule is CCCCCCC/C=C\CCCCCCCC(=O)OC(COC(=O)CCCCCCCCCCCCCCCCCCCCCCCCCCCCCCCCCCCCC)COC(OCC[N+](C)(C)C)C(=O)O. The molecule has 0 spiro atoms. The Balaban J connectivity index is 3.94. The number of quaternary nitrogens is 1. The molecule has 0 aliphatic rings. The van der Waals surface area contributed by atoms with E-state index in [1.807, 2.05) is 21.1 Å². The second-order valence-electron chi connectivity index (χ2n) is 23.4. The van der Waals surface area contributed by atoms with Crippen LogP contribution in [-0.4, -0.2) is 87.4 Å². The number of carbonyl (C=O) groups excluding carboxylic acids is 2. The maximum atomic E-state index is 12.8. The molecule has 1 N–H and O–H groups in total. The molecule has 0 radical (unpaired) electrons. The van der Waals surface area contributed by atoms with E-state index in [-0.39, 0.29) is 32.2 Å². The molecule has 0 heterocycles. The molecule has 0 aliphatic carbocycles. The van der Waals surface area contributed by atoms with Crippen molar-refractivity contribution < 1.29 is 42.9 Å². The van der Waals surface area contributed by atoms with Gasteiger partial charge < -0.3 is 28.5 Å². The number of hydrogen-bond donors (Lipinski definition) is 1. The maximum Gasteiger partial charge on any atom is 0.361 e. The van der Waals surface area contributed by atoms with Crippen LogP contribution >= 0.6 is 0 Å². The molecule has 438 valence electrons. The lowest BCUT2D eigenvalue weighted by molar-refractivity contribution is -0.870. The van der Waals surface area contributed by atoms with Crippen LogP contribution in [0.2, 0.25) is 0 Å². The number of likely N-dealkylation sites (N-methyl/N-ethyl adjacent to an activating group) is 1. The van der Waals surface area contributed by atoms with Crippen LogP contribution in [0.25, 0.3) is 0 Å². The van der Waals surface area contributed by atoms with Crippen LogP contribution in [0.15, 0.2) is 12.2 Å². The van der Waals surface area contributed by atoms with Crippen LogP contribution in [0.5, 0.6) is 0 Å². The molecular weight excluding hydrogens is 923 g/mol. The molecule has 2 unspecified atom stereocenters. The summed E-state index contributed by atoms with van der Waals surface area (Å²) >= 11 is 0. The number of unbranched alkanes of at least 4 members (excludes halogenated alkanes) is 44. The molecule has 9 heteroatoms. The fourth-order valence-electron chi connectivity index (χ4n) is 9.78. The number of hydrogen-bond acceptors (Lipinski definition) is 7. The van der Waals surface area contributed by atoms with Gasteiger partial charge in [-0.2, -0.15) is 0 Å². The van der Waals surface area contributed by atoms with Crippen LogP contribution < -0.4 is 0 Å². The normalized spacial score (nSPS) is 12.7. The Hall–Kier alpha value is -1.97. The number of esters is 2. The minimum absolute atomic E-state index is 0.179. The number of ether oxygens (including phenoxy) is 4. The zero-order chi connectivity index (χ0) is 54.1. The fraction of sp³-hybridized carbons (Fsp3) is 0.923. The van der Waals surface area contributed by atoms with Gasteiger partial charge in [0.25, 0.3) is 6.29 Å². The first-order chi connectivity index (χ1) is 36.1. The van der Waals surface area contributed by atoms with Crippen molar-refractivity contribution in [1.29, 1.82) is 0 Å². The van der Waals surface area contributed by atoms with Gasteiger partial charge in [0.1, 0.15) is 13.2 Å². The highest BCUT2D eigenvalue weighted by Crippen LogP contribution is 2.18. The summed E-state index contributed by atoms with van der Waals surface area (Å²) in [4.78, 5) is 37.4. The molecule has 0 aliphatic heterocycles. The van der Waals surface area contributed by atoms with Gasteiger partial charge in [0.15, 0.2) is 6.10 Å². The van der Waals surface area contributed by atoms with Crippen molar-refractivity contribution in [3.05, 3.63) is 12.2 Å². The van der Waals surface area contributed by atoms with Gasteiger partial charge in [0.2, 0.25) is 0 Å². The van der Waals surface area contributed by atoms with E-state index in [2.05, 4.69) is 26.0 Å². The quantitative estimate of drug-likeness (QED) is 0.0211. The Morgan fingerprint density at radius 2 is 0.689 bits per heavy atom. The summed E-state index contributed by atoms with van der Waals surface area (Å²) < 4.78 is 22.9. The number of nitrogens with zero attached hydrogens (tertiary/aromatic N) is 1. The zero-order valence-corrected chi connectivity index (χ0v) is 50.0. The molecular formula is C65H126NO8+. The third kappa shape index (κ3) is 57.7. The highest BCUT2D eigenvalue weighted by Gasteiger charge is 2.25. The molecule has 0 bridgehead atoms. The molecule has 9 nitrogen and oxygen atoms in total. The van der Waals surface area contributed by atoms with E-state index in [0.717, 1.165) is 51.4 Å². The maximum absolute atomic E-state index is 12.8. The smallest absolute Gasteiger partial charge is 0.361 e. The number of aliphatic carboxylic acids is 1. The Kier molecular flexibility index (Phi) is 55.7. The van der Waals surface area contributed by atoms with Gasteiger partial charge in [-0.3, -0.25) is 9.59 Å². The van der Waals surface area contributed by atoms with E-state index in [1.165, 1.54) is 244 Å². The third-order valence-corrected chi connectivity index (χ3v) is 14.8. The van der Waals surface area contributed by atoms with Crippen LogP contribution in [0, 0.1) is 0 Å². The summed E-state index contributed by atoms with van der Waals surface area (Å²) in [6.45, 7) is 4.91. The van der Waals surface area contributed by atoms with Crippen molar-refractivity contribution in [2.75, 3.05) is 47.5 Å². The molecule has 0 rings (SSSR count). The Morgan fingerprint density at radius 3 is 1.00 bits per heavy atom. The monoisotopic (exact) mass is 1050 g/mol. The number of rotatable bonds is 61. The summed E-state index contributed by atoms with van der Waals surface area (Å²) in [5, 5.41) is 9.69. The Morgan fingerprint density at radius 1 is 0.392 bits per heavy atom. The predicted molar refractivity (Wildman–Crippen MR) is 314 cm³/mol. The predicted octanol–water partition coefficient (Wildman–Crippen LogP) is 19.3. The molecule has 0 aromatic heterocycles. The van der Waals surface area contributed by atoms with Crippen molar-refractivity contribution >= 4 is 17.9 Å². The van der Waals surface area contributed by atoms with Gasteiger partial charge >= 0.3 is 17.9 Å².